The number of hydrogen-bond donors (Lipinski definition) is 3. The van der Waals surface area contributed by atoms with Crippen LogP contribution in [0.3, 0.4) is 0 Å². The highest BCUT2D eigenvalue weighted by molar-refractivity contribution is 8.24. The molecule has 0 saturated heterocycles. The lowest BCUT2D eigenvalue weighted by molar-refractivity contribution is 0.274. The second-order valence-corrected chi connectivity index (χ2v) is 13.6. The van der Waals surface area contributed by atoms with E-state index in [0.717, 1.165) is 72.2 Å². The van der Waals surface area contributed by atoms with Crippen LogP contribution < -0.4 is 15.0 Å². The lowest BCUT2D eigenvalue weighted by Gasteiger charge is -2.42. The molecule has 1 unspecified atom stereocenters. The van der Waals surface area contributed by atoms with Crippen LogP contribution in [0.2, 0.25) is 0 Å². The molecule has 0 aliphatic carbocycles. The fourth-order valence-electron chi connectivity index (χ4n) is 5.58. The molecule has 1 atom stereocenters. The first kappa shape index (κ1) is 30.7. The van der Waals surface area contributed by atoms with Gasteiger partial charge in [0.2, 0.25) is 0 Å². The second-order valence-electron chi connectivity index (χ2n) is 11.3. The fraction of sp³-hybridized carbons (Fsp3) is 0.455. The van der Waals surface area contributed by atoms with E-state index in [1.54, 1.807) is 0 Å². The zero-order valence-electron chi connectivity index (χ0n) is 24.3. The van der Waals surface area contributed by atoms with Crippen molar-refractivity contribution in [1.29, 1.82) is 0 Å². The SMILES string of the molecule is CCCCC1(CCCC)CS(O)(O)c2ccc(N(C)C)cc2C(c2ccc(OCc3ccc(CCl)cc3)cc2)N1. The molecule has 4 rings (SSSR count). The van der Waals surface area contributed by atoms with Crippen molar-refractivity contribution in [3.8, 4) is 5.75 Å². The highest BCUT2D eigenvalue weighted by Crippen LogP contribution is 2.57. The summed E-state index contributed by atoms with van der Waals surface area (Å²) in [5.41, 5.74) is 4.89. The number of halogens is 1. The average Bonchev–Trinajstić information content (AvgIpc) is 3.06. The average molecular weight is 585 g/mol. The standard InChI is InChI=1S/C33H45ClN2O3S/c1-5-7-19-33(20-8-6-2)24-40(37,38)31-18-15-28(36(3)4)21-30(31)32(35-33)27-13-16-29(17-14-27)39-23-26-11-9-25(22-34)10-12-26/h9-18,21,32,35,37-38H,5-8,19-20,22-24H2,1-4H3. The van der Waals surface area contributed by atoms with E-state index in [1.807, 2.05) is 62.6 Å². The van der Waals surface area contributed by atoms with Crippen molar-refractivity contribution in [3.05, 3.63) is 89.0 Å². The van der Waals surface area contributed by atoms with Crippen LogP contribution in [0.1, 0.15) is 80.7 Å². The maximum absolute atomic E-state index is 11.6. The number of rotatable bonds is 12. The molecule has 0 fully saturated rings. The Labute approximate surface area is 247 Å². The molecule has 1 aliphatic heterocycles. The van der Waals surface area contributed by atoms with Crippen molar-refractivity contribution in [2.45, 2.75) is 81.3 Å². The molecule has 3 N–H and O–H groups in total. The van der Waals surface area contributed by atoms with Gasteiger partial charge in [-0.15, -0.1) is 11.6 Å². The van der Waals surface area contributed by atoms with Crippen molar-refractivity contribution < 1.29 is 13.8 Å². The summed E-state index contributed by atoms with van der Waals surface area (Å²) in [5.74, 6) is 1.65. The van der Waals surface area contributed by atoms with Gasteiger partial charge in [0.25, 0.3) is 0 Å². The molecule has 0 spiro atoms. The summed E-state index contributed by atoms with van der Waals surface area (Å²) >= 11 is 5.91. The predicted molar refractivity (Wildman–Crippen MR) is 170 cm³/mol. The second kappa shape index (κ2) is 13.6. The van der Waals surface area contributed by atoms with Crippen molar-refractivity contribution in [2.75, 3.05) is 24.7 Å². The summed E-state index contributed by atoms with van der Waals surface area (Å²) in [6.07, 6.45) is 6.03. The number of unbranched alkanes of at least 4 members (excludes halogenated alkanes) is 2. The molecule has 1 heterocycles. The van der Waals surface area contributed by atoms with Crippen LogP contribution >= 0.6 is 22.2 Å². The van der Waals surface area contributed by atoms with Crippen LogP contribution in [0.4, 0.5) is 5.69 Å². The summed E-state index contributed by atoms with van der Waals surface area (Å²) in [5, 5.41) is 4.01. The molecule has 7 heteroatoms. The highest BCUT2D eigenvalue weighted by atomic mass is 35.5. The number of fused-ring (bicyclic) bond motifs is 1. The van der Waals surface area contributed by atoms with Crippen molar-refractivity contribution in [2.24, 2.45) is 0 Å². The summed E-state index contributed by atoms with van der Waals surface area (Å²) in [6, 6.07) is 22.3. The number of nitrogens with zero attached hydrogens (tertiary/aromatic N) is 1. The van der Waals surface area contributed by atoms with Crippen LogP contribution in [0.15, 0.2) is 71.6 Å². The van der Waals surface area contributed by atoms with E-state index in [1.165, 1.54) is 0 Å². The molecular formula is C33H45ClN2O3S. The van der Waals surface area contributed by atoms with Gasteiger partial charge in [0.15, 0.2) is 0 Å². The van der Waals surface area contributed by atoms with Crippen molar-refractivity contribution in [3.63, 3.8) is 0 Å². The maximum atomic E-state index is 11.6. The third-order valence-electron chi connectivity index (χ3n) is 7.92. The quantitative estimate of drug-likeness (QED) is 0.185. The van der Waals surface area contributed by atoms with Gasteiger partial charge >= 0.3 is 0 Å². The van der Waals surface area contributed by atoms with E-state index in [9.17, 15) is 9.11 Å². The summed E-state index contributed by atoms with van der Waals surface area (Å²) in [4.78, 5) is 2.72. The van der Waals surface area contributed by atoms with Gasteiger partial charge in [-0.05, 0) is 65.4 Å². The van der Waals surface area contributed by atoms with Crippen LogP contribution in [0.5, 0.6) is 5.75 Å². The first-order valence-corrected chi connectivity index (χ1v) is 16.7. The zero-order chi connectivity index (χ0) is 28.8. The Morgan fingerprint density at radius 3 is 2.12 bits per heavy atom. The molecule has 0 radical (unpaired) electrons. The summed E-state index contributed by atoms with van der Waals surface area (Å²) < 4.78 is 29.4. The minimum Gasteiger partial charge on any atom is -0.489 e. The number of benzene rings is 3. The molecule has 0 aromatic heterocycles. The number of hydrogen-bond acceptors (Lipinski definition) is 5. The van der Waals surface area contributed by atoms with Gasteiger partial charge in [-0.2, -0.15) is 10.6 Å². The Balaban J connectivity index is 1.69. The van der Waals surface area contributed by atoms with E-state index < -0.39 is 10.6 Å². The molecule has 3 aromatic carbocycles. The van der Waals surface area contributed by atoms with Gasteiger partial charge < -0.3 is 9.64 Å². The number of ether oxygens (including phenoxy) is 1. The largest absolute Gasteiger partial charge is 0.489 e. The minimum absolute atomic E-state index is 0.172. The smallest absolute Gasteiger partial charge is 0.119 e. The molecule has 40 heavy (non-hydrogen) atoms. The number of alkyl halides is 1. The van der Waals surface area contributed by atoms with E-state index in [0.29, 0.717) is 23.1 Å². The van der Waals surface area contributed by atoms with Crippen molar-refractivity contribution in [1.82, 2.24) is 5.32 Å². The van der Waals surface area contributed by atoms with Gasteiger partial charge in [-0.1, -0.05) is 75.9 Å². The molecule has 1 aliphatic rings. The van der Waals surface area contributed by atoms with E-state index in [-0.39, 0.29) is 11.6 Å². The highest BCUT2D eigenvalue weighted by Gasteiger charge is 2.42. The van der Waals surface area contributed by atoms with E-state index in [2.05, 4.69) is 42.3 Å². The Kier molecular flexibility index (Phi) is 10.5. The fourth-order valence-corrected chi connectivity index (χ4v) is 7.90. The summed E-state index contributed by atoms with van der Waals surface area (Å²) in [7, 11) is 1.03. The van der Waals surface area contributed by atoms with E-state index in [4.69, 9.17) is 16.3 Å². The normalized spacial score (nSPS) is 18.4. The van der Waals surface area contributed by atoms with Gasteiger partial charge in [-0.25, -0.2) is 0 Å². The first-order chi connectivity index (χ1) is 19.2. The molecular weight excluding hydrogens is 540 g/mol. The zero-order valence-corrected chi connectivity index (χ0v) is 25.9. The van der Waals surface area contributed by atoms with Crippen LogP contribution in [0.25, 0.3) is 0 Å². The van der Waals surface area contributed by atoms with Gasteiger partial charge in [-0.3, -0.25) is 14.4 Å². The number of anilines is 1. The Bertz CT molecular complexity index is 1220. The maximum Gasteiger partial charge on any atom is 0.119 e. The molecule has 218 valence electrons. The first-order valence-electron chi connectivity index (χ1n) is 14.4. The van der Waals surface area contributed by atoms with Crippen LogP contribution in [0, 0.1) is 0 Å². The Morgan fingerprint density at radius 1 is 0.925 bits per heavy atom. The monoisotopic (exact) mass is 584 g/mol. The third kappa shape index (κ3) is 7.34. The van der Waals surface area contributed by atoms with Crippen LogP contribution in [-0.2, 0) is 12.5 Å². The lowest BCUT2D eigenvalue weighted by Crippen LogP contribution is -2.50. The topological polar surface area (TPSA) is 65.0 Å². The Morgan fingerprint density at radius 2 is 1.55 bits per heavy atom. The summed E-state index contributed by atoms with van der Waals surface area (Å²) in [6.45, 7) is 4.88. The molecule has 0 amide bonds. The molecule has 0 bridgehead atoms. The van der Waals surface area contributed by atoms with Crippen molar-refractivity contribution >= 4 is 27.9 Å². The number of nitrogens with one attached hydrogen (secondary N) is 1. The Hall–Kier alpha value is -2.22. The van der Waals surface area contributed by atoms with Crippen LogP contribution in [-0.4, -0.2) is 34.5 Å². The van der Waals surface area contributed by atoms with Gasteiger partial charge in [0.1, 0.15) is 12.4 Å². The molecule has 0 saturated carbocycles. The third-order valence-corrected chi connectivity index (χ3v) is 10.3. The predicted octanol–water partition coefficient (Wildman–Crippen LogP) is 8.99. The lowest BCUT2D eigenvalue weighted by atomic mass is 9.86. The molecule has 3 aromatic rings. The molecule has 5 nitrogen and oxygen atoms in total. The minimum atomic E-state index is -3.00. The van der Waals surface area contributed by atoms with Gasteiger partial charge in [0.05, 0.1) is 16.7 Å². The van der Waals surface area contributed by atoms with Gasteiger partial charge in [0, 0.05) is 31.2 Å². The van der Waals surface area contributed by atoms with E-state index >= 15 is 0 Å².